The van der Waals surface area contributed by atoms with E-state index < -0.39 is 0 Å². The lowest BCUT2D eigenvalue weighted by molar-refractivity contribution is 0.312. The first-order valence-electron chi connectivity index (χ1n) is 6.58. The number of halogens is 2. The maximum absolute atomic E-state index is 6.05. The minimum Gasteiger partial charge on any atom is -0.353 e. The quantitative estimate of drug-likeness (QED) is 0.925. The number of H-pyrrole nitrogens is 1. The topological polar surface area (TPSA) is 35.2 Å². The fourth-order valence-electron chi connectivity index (χ4n) is 2.32. The molecule has 1 aliphatic rings. The van der Waals surface area contributed by atoms with E-state index in [9.17, 15) is 0 Å². The first-order chi connectivity index (χ1) is 9.63. The van der Waals surface area contributed by atoms with Gasteiger partial charge in [-0.25, -0.2) is 0 Å². The Bertz CT molecular complexity index is 603. The summed E-state index contributed by atoms with van der Waals surface area (Å²) in [6.45, 7) is 4.13. The second kappa shape index (κ2) is 5.64. The van der Waals surface area contributed by atoms with Gasteiger partial charge in [-0.1, -0.05) is 29.3 Å². The van der Waals surface area contributed by atoms with Gasteiger partial charge in [0.15, 0.2) is 5.82 Å². The molecule has 0 aliphatic carbocycles. The number of aromatic nitrogens is 2. The molecule has 2 heterocycles. The van der Waals surface area contributed by atoms with Crippen LogP contribution in [0.25, 0.3) is 11.3 Å². The molecular weight excluding hydrogens is 295 g/mol. The lowest BCUT2D eigenvalue weighted by Gasteiger charge is -2.32. The Morgan fingerprint density at radius 1 is 1.05 bits per heavy atom. The van der Waals surface area contributed by atoms with E-state index in [1.165, 1.54) is 0 Å². The van der Waals surface area contributed by atoms with Crippen molar-refractivity contribution in [1.82, 2.24) is 15.1 Å². The summed E-state index contributed by atoms with van der Waals surface area (Å²) < 4.78 is 0. The SMILES string of the molecule is CN1CCN(c2cc(-c3ccc(Cl)c(Cl)c3)[nH]n2)CC1. The second-order valence-electron chi connectivity index (χ2n) is 5.06. The molecule has 1 N–H and O–H groups in total. The third-order valence-electron chi connectivity index (χ3n) is 3.62. The number of hydrogen-bond acceptors (Lipinski definition) is 3. The van der Waals surface area contributed by atoms with Crippen molar-refractivity contribution >= 4 is 29.0 Å². The van der Waals surface area contributed by atoms with Crippen LogP contribution in [0, 0.1) is 0 Å². The van der Waals surface area contributed by atoms with Gasteiger partial charge in [-0.15, -0.1) is 0 Å². The molecule has 1 aromatic carbocycles. The van der Waals surface area contributed by atoms with Crippen molar-refractivity contribution in [3.63, 3.8) is 0 Å². The molecule has 2 aromatic rings. The maximum atomic E-state index is 6.05. The smallest absolute Gasteiger partial charge is 0.151 e. The number of benzene rings is 1. The van der Waals surface area contributed by atoms with Gasteiger partial charge in [-0.05, 0) is 19.2 Å². The van der Waals surface area contributed by atoms with Crippen molar-refractivity contribution in [3.05, 3.63) is 34.3 Å². The van der Waals surface area contributed by atoms with E-state index in [-0.39, 0.29) is 0 Å². The van der Waals surface area contributed by atoms with Gasteiger partial charge >= 0.3 is 0 Å². The third kappa shape index (κ3) is 2.77. The van der Waals surface area contributed by atoms with E-state index in [0.717, 1.165) is 43.3 Å². The largest absolute Gasteiger partial charge is 0.353 e. The summed E-state index contributed by atoms with van der Waals surface area (Å²) in [7, 11) is 2.14. The van der Waals surface area contributed by atoms with Crippen LogP contribution in [0.15, 0.2) is 24.3 Å². The van der Waals surface area contributed by atoms with Gasteiger partial charge in [0.2, 0.25) is 0 Å². The Kier molecular flexibility index (Phi) is 3.87. The van der Waals surface area contributed by atoms with Gasteiger partial charge in [0, 0.05) is 37.8 Å². The first-order valence-corrected chi connectivity index (χ1v) is 7.33. The van der Waals surface area contributed by atoms with E-state index in [4.69, 9.17) is 23.2 Å². The van der Waals surface area contributed by atoms with E-state index in [1.807, 2.05) is 12.1 Å². The van der Waals surface area contributed by atoms with Crippen LogP contribution in [0.5, 0.6) is 0 Å². The van der Waals surface area contributed by atoms with Crippen molar-refractivity contribution in [2.75, 3.05) is 38.1 Å². The Morgan fingerprint density at radius 2 is 1.80 bits per heavy atom. The van der Waals surface area contributed by atoms with Crippen LogP contribution < -0.4 is 4.90 Å². The van der Waals surface area contributed by atoms with Gasteiger partial charge in [-0.2, -0.15) is 5.10 Å². The van der Waals surface area contributed by atoms with Crippen LogP contribution in [-0.4, -0.2) is 48.3 Å². The fraction of sp³-hybridized carbons (Fsp3) is 0.357. The minimum atomic E-state index is 0.555. The molecule has 3 rings (SSSR count). The van der Waals surface area contributed by atoms with Crippen LogP contribution in [0.1, 0.15) is 0 Å². The van der Waals surface area contributed by atoms with Gasteiger partial charge in [0.05, 0.1) is 15.7 Å². The normalized spacial score (nSPS) is 16.6. The summed E-state index contributed by atoms with van der Waals surface area (Å²) >= 11 is 12.0. The van der Waals surface area contributed by atoms with Gasteiger partial charge in [0.25, 0.3) is 0 Å². The van der Waals surface area contributed by atoms with E-state index in [0.29, 0.717) is 10.0 Å². The molecule has 0 unspecified atom stereocenters. The van der Waals surface area contributed by atoms with Crippen LogP contribution in [0.2, 0.25) is 10.0 Å². The van der Waals surface area contributed by atoms with Crippen molar-refractivity contribution in [3.8, 4) is 11.3 Å². The van der Waals surface area contributed by atoms with Gasteiger partial charge in [0.1, 0.15) is 0 Å². The standard InChI is InChI=1S/C14H16Cl2N4/c1-19-4-6-20(7-5-19)14-9-13(17-18-14)10-2-3-11(15)12(16)8-10/h2-3,8-9H,4-7H2,1H3,(H,17,18). The highest BCUT2D eigenvalue weighted by Gasteiger charge is 2.17. The summed E-state index contributed by atoms with van der Waals surface area (Å²) in [6.07, 6.45) is 0. The zero-order chi connectivity index (χ0) is 14.1. The number of nitrogens with zero attached hydrogens (tertiary/aromatic N) is 3. The monoisotopic (exact) mass is 310 g/mol. The molecule has 0 saturated carbocycles. The zero-order valence-electron chi connectivity index (χ0n) is 11.2. The molecule has 4 nitrogen and oxygen atoms in total. The van der Waals surface area contributed by atoms with E-state index >= 15 is 0 Å². The molecular formula is C14H16Cl2N4. The van der Waals surface area contributed by atoms with Crippen molar-refractivity contribution < 1.29 is 0 Å². The van der Waals surface area contributed by atoms with Crippen LogP contribution in [-0.2, 0) is 0 Å². The average Bonchev–Trinajstić information content (AvgIpc) is 2.92. The number of likely N-dealkylation sites (N-methyl/N-ethyl adjacent to an activating group) is 1. The first kappa shape index (κ1) is 13.7. The third-order valence-corrected chi connectivity index (χ3v) is 4.36. The van der Waals surface area contributed by atoms with Gasteiger partial charge < -0.3 is 9.80 Å². The Labute approximate surface area is 128 Å². The van der Waals surface area contributed by atoms with Crippen molar-refractivity contribution in [2.24, 2.45) is 0 Å². The molecule has 0 atom stereocenters. The number of hydrogen-bond donors (Lipinski definition) is 1. The summed E-state index contributed by atoms with van der Waals surface area (Å²) in [6, 6.07) is 7.65. The number of rotatable bonds is 2. The average molecular weight is 311 g/mol. The zero-order valence-corrected chi connectivity index (χ0v) is 12.7. The highest BCUT2D eigenvalue weighted by molar-refractivity contribution is 6.42. The number of anilines is 1. The maximum Gasteiger partial charge on any atom is 0.151 e. The van der Waals surface area contributed by atoms with Crippen LogP contribution in [0.4, 0.5) is 5.82 Å². The predicted molar refractivity (Wildman–Crippen MR) is 83.8 cm³/mol. The highest BCUT2D eigenvalue weighted by atomic mass is 35.5. The molecule has 0 radical (unpaired) electrons. The summed E-state index contributed by atoms with van der Waals surface area (Å²) in [5, 5.41) is 8.59. The molecule has 20 heavy (non-hydrogen) atoms. The van der Waals surface area contributed by atoms with Crippen molar-refractivity contribution in [1.29, 1.82) is 0 Å². The highest BCUT2D eigenvalue weighted by Crippen LogP contribution is 2.29. The second-order valence-corrected chi connectivity index (χ2v) is 5.87. The van der Waals surface area contributed by atoms with Crippen LogP contribution in [0.3, 0.4) is 0 Å². The summed E-state index contributed by atoms with van der Waals surface area (Å²) in [4.78, 5) is 4.61. The van der Waals surface area contributed by atoms with Crippen molar-refractivity contribution in [2.45, 2.75) is 0 Å². The van der Waals surface area contributed by atoms with E-state index in [2.05, 4.69) is 33.1 Å². The molecule has 0 amide bonds. The Hall–Kier alpha value is -1.23. The minimum absolute atomic E-state index is 0.555. The number of piperazine rings is 1. The molecule has 0 spiro atoms. The molecule has 106 valence electrons. The molecule has 1 fully saturated rings. The summed E-state index contributed by atoms with van der Waals surface area (Å²) in [5.41, 5.74) is 1.95. The summed E-state index contributed by atoms with van der Waals surface area (Å²) in [5.74, 6) is 0.985. The number of nitrogens with one attached hydrogen (secondary N) is 1. The lowest BCUT2D eigenvalue weighted by Crippen LogP contribution is -2.44. The number of aromatic amines is 1. The Morgan fingerprint density at radius 3 is 2.50 bits per heavy atom. The molecule has 6 heteroatoms. The molecule has 1 aromatic heterocycles. The van der Waals surface area contributed by atoms with Crippen LogP contribution >= 0.6 is 23.2 Å². The molecule has 1 aliphatic heterocycles. The Balaban J connectivity index is 1.81. The molecule has 0 bridgehead atoms. The predicted octanol–water partition coefficient (Wildman–Crippen LogP) is 3.14. The van der Waals surface area contributed by atoms with Gasteiger partial charge in [-0.3, -0.25) is 5.10 Å². The fourth-order valence-corrected chi connectivity index (χ4v) is 2.62. The molecule has 1 saturated heterocycles. The lowest BCUT2D eigenvalue weighted by atomic mass is 10.1. The van der Waals surface area contributed by atoms with E-state index in [1.54, 1.807) is 6.07 Å².